The number of fused-ring (bicyclic) bond motifs is 1. The molecule has 1 aliphatic rings. The van der Waals surface area contributed by atoms with Gasteiger partial charge in [0, 0.05) is 5.70 Å². The molecule has 0 saturated heterocycles. The lowest BCUT2D eigenvalue weighted by atomic mass is 9.95. The molecule has 0 fully saturated rings. The molecule has 29 heavy (non-hydrogen) atoms. The number of esters is 1. The minimum atomic E-state index is -0.522. The molecule has 1 N–H and O–H groups in total. The van der Waals surface area contributed by atoms with Gasteiger partial charge in [-0.1, -0.05) is 0 Å². The van der Waals surface area contributed by atoms with Crippen molar-refractivity contribution in [2.75, 3.05) is 18.5 Å². The average molecular weight is 465 g/mol. The number of nitrogens with one attached hydrogen (secondary N) is 1. The third kappa shape index (κ3) is 4.24. The Bertz CT molecular complexity index is 939. The maximum atomic E-state index is 13.0. The topological polar surface area (TPSA) is 87.5 Å². The molecular formula is C20H25BrN4O4. The van der Waals surface area contributed by atoms with E-state index in [-0.39, 0.29) is 6.10 Å². The first-order valence-corrected chi connectivity index (χ1v) is 10.3. The quantitative estimate of drug-likeness (QED) is 0.617. The Labute approximate surface area is 178 Å². The van der Waals surface area contributed by atoms with Gasteiger partial charge in [-0.25, -0.2) is 9.48 Å². The molecule has 0 spiro atoms. The molecule has 3 rings (SSSR count). The summed E-state index contributed by atoms with van der Waals surface area (Å²) in [5.74, 6) is 1.36. The molecule has 2 aromatic rings. The maximum absolute atomic E-state index is 13.0. The van der Waals surface area contributed by atoms with E-state index < -0.39 is 12.0 Å². The van der Waals surface area contributed by atoms with Crippen molar-refractivity contribution >= 4 is 27.8 Å². The van der Waals surface area contributed by atoms with Crippen LogP contribution >= 0.6 is 15.9 Å². The first-order valence-electron chi connectivity index (χ1n) is 9.54. The molecule has 0 aliphatic carbocycles. The van der Waals surface area contributed by atoms with Crippen molar-refractivity contribution in [3.05, 3.63) is 39.8 Å². The van der Waals surface area contributed by atoms with Crippen molar-refractivity contribution in [2.24, 2.45) is 0 Å². The number of nitrogens with zero attached hydrogens (tertiary/aromatic N) is 3. The fourth-order valence-electron chi connectivity index (χ4n) is 3.23. The normalized spacial score (nSPS) is 15.8. The number of carbonyl (C=O) groups is 1. The molecule has 0 amide bonds. The van der Waals surface area contributed by atoms with Crippen LogP contribution in [-0.2, 0) is 9.53 Å². The summed E-state index contributed by atoms with van der Waals surface area (Å²) in [6.45, 7) is 10.3. The molecule has 8 nitrogen and oxygen atoms in total. The van der Waals surface area contributed by atoms with Crippen LogP contribution in [0, 0.1) is 0 Å². The molecule has 0 unspecified atom stereocenters. The molecule has 1 aliphatic heterocycles. The number of carbonyl (C=O) groups excluding carboxylic acids is 1. The Morgan fingerprint density at radius 3 is 2.66 bits per heavy atom. The maximum Gasteiger partial charge on any atom is 0.338 e. The highest BCUT2D eigenvalue weighted by atomic mass is 79.9. The van der Waals surface area contributed by atoms with Gasteiger partial charge in [0.2, 0.25) is 5.95 Å². The van der Waals surface area contributed by atoms with E-state index in [4.69, 9.17) is 14.2 Å². The molecule has 0 saturated carbocycles. The summed E-state index contributed by atoms with van der Waals surface area (Å²) in [5, 5.41) is 7.47. The minimum absolute atomic E-state index is 0.244. The van der Waals surface area contributed by atoms with E-state index in [0.717, 1.165) is 10.0 Å². The largest absolute Gasteiger partial charge is 0.490 e. The lowest BCUT2D eigenvalue weighted by Gasteiger charge is -2.29. The molecule has 1 atom stereocenters. The Balaban J connectivity index is 2.16. The number of anilines is 1. The first-order chi connectivity index (χ1) is 13.9. The van der Waals surface area contributed by atoms with E-state index in [0.29, 0.717) is 41.9 Å². The Kier molecular flexibility index (Phi) is 6.46. The molecule has 156 valence electrons. The van der Waals surface area contributed by atoms with E-state index in [1.807, 2.05) is 46.8 Å². The van der Waals surface area contributed by atoms with Crippen molar-refractivity contribution < 1.29 is 19.0 Å². The molecular weight excluding hydrogens is 440 g/mol. The van der Waals surface area contributed by atoms with Crippen molar-refractivity contribution in [2.45, 2.75) is 46.8 Å². The Morgan fingerprint density at radius 2 is 2.00 bits per heavy atom. The smallest absolute Gasteiger partial charge is 0.338 e. The van der Waals surface area contributed by atoms with Crippen molar-refractivity contribution in [1.29, 1.82) is 0 Å². The van der Waals surface area contributed by atoms with Crippen LogP contribution in [0.4, 0.5) is 5.95 Å². The van der Waals surface area contributed by atoms with Crippen LogP contribution in [0.3, 0.4) is 0 Å². The highest BCUT2D eigenvalue weighted by Crippen LogP contribution is 2.42. The zero-order valence-corrected chi connectivity index (χ0v) is 18.7. The van der Waals surface area contributed by atoms with E-state index in [9.17, 15) is 4.79 Å². The van der Waals surface area contributed by atoms with E-state index in [1.165, 1.54) is 6.33 Å². The van der Waals surface area contributed by atoms with Crippen LogP contribution in [0.15, 0.2) is 34.2 Å². The van der Waals surface area contributed by atoms with Gasteiger partial charge in [0.25, 0.3) is 0 Å². The summed E-state index contributed by atoms with van der Waals surface area (Å²) >= 11 is 3.58. The van der Waals surface area contributed by atoms with Crippen LogP contribution < -0.4 is 14.8 Å². The number of hydrogen-bond donors (Lipinski definition) is 1. The van der Waals surface area contributed by atoms with Crippen LogP contribution in [0.25, 0.3) is 0 Å². The van der Waals surface area contributed by atoms with Gasteiger partial charge in [0.05, 0.1) is 29.4 Å². The van der Waals surface area contributed by atoms with Crippen molar-refractivity contribution in [1.82, 2.24) is 14.8 Å². The Hall–Kier alpha value is -2.55. The third-order valence-corrected chi connectivity index (χ3v) is 4.88. The van der Waals surface area contributed by atoms with Crippen LogP contribution in [0.1, 0.15) is 46.2 Å². The molecule has 9 heteroatoms. The summed E-state index contributed by atoms with van der Waals surface area (Å²) in [6, 6.07) is 3.26. The minimum Gasteiger partial charge on any atom is -0.490 e. The number of halogens is 1. The number of ether oxygens (including phenoxy) is 3. The predicted molar refractivity (Wildman–Crippen MR) is 112 cm³/mol. The second kappa shape index (κ2) is 8.86. The fraction of sp³-hybridized carbons (Fsp3) is 0.450. The SMILES string of the molecule is CCOc1cc([C@@H]2C(C(=O)OC(C)C)=C(C)Nc3ncnn32)cc(Br)c1OCC. The number of rotatable bonds is 7. The fourth-order valence-corrected chi connectivity index (χ4v) is 3.81. The standard InChI is InChI=1S/C20H25BrN4O4/c1-6-27-15-9-13(8-14(21)18(15)28-7-2)17-16(19(26)29-11(3)4)12(5)24-20-22-10-23-25(17)20/h8-11,17H,6-7H2,1-5H3,(H,22,23,24)/t17-/m1/s1. The summed E-state index contributed by atoms with van der Waals surface area (Å²) in [5.41, 5.74) is 1.94. The van der Waals surface area contributed by atoms with Gasteiger partial charge in [-0.05, 0) is 68.2 Å². The van der Waals surface area contributed by atoms with Gasteiger partial charge in [-0.3, -0.25) is 0 Å². The van der Waals surface area contributed by atoms with Crippen molar-refractivity contribution in [3.8, 4) is 11.5 Å². The molecule has 1 aromatic carbocycles. The molecule has 0 radical (unpaired) electrons. The zero-order chi connectivity index (χ0) is 21.1. The van der Waals surface area contributed by atoms with Gasteiger partial charge in [-0.15, -0.1) is 0 Å². The van der Waals surface area contributed by atoms with E-state index in [2.05, 4.69) is 31.3 Å². The molecule has 0 bridgehead atoms. The highest BCUT2D eigenvalue weighted by molar-refractivity contribution is 9.10. The predicted octanol–water partition coefficient (Wildman–Crippen LogP) is 4.08. The molecule has 1 aromatic heterocycles. The second-order valence-corrected chi connectivity index (χ2v) is 7.60. The van der Waals surface area contributed by atoms with E-state index in [1.54, 1.807) is 4.68 Å². The lowest BCUT2D eigenvalue weighted by molar-refractivity contribution is -0.143. The summed E-state index contributed by atoms with van der Waals surface area (Å²) < 4.78 is 19.5. The van der Waals surface area contributed by atoms with Gasteiger partial charge in [0.1, 0.15) is 12.4 Å². The summed E-state index contributed by atoms with van der Waals surface area (Å²) in [4.78, 5) is 17.2. The van der Waals surface area contributed by atoms with E-state index >= 15 is 0 Å². The average Bonchev–Trinajstić information content (AvgIpc) is 3.10. The van der Waals surface area contributed by atoms with Crippen LogP contribution in [-0.4, -0.2) is 40.1 Å². The second-order valence-electron chi connectivity index (χ2n) is 6.74. The number of aromatic nitrogens is 3. The Morgan fingerprint density at radius 1 is 1.28 bits per heavy atom. The van der Waals surface area contributed by atoms with Crippen LogP contribution in [0.2, 0.25) is 0 Å². The van der Waals surface area contributed by atoms with Crippen LogP contribution in [0.5, 0.6) is 11.5 Å². The van der Waals surface area contributed by atoms with Crippen molar-refractivity contribution in [3.63, 3.8) is 0 Å². The summed E-state index contributed by atoms with van der Waals surface area (Å²) in [7, 11) is 0. The first kappa shape index (κ1) is 21.2. The monoisotopic (exact) mass is 464 g/mol. The number of allylic oxidation sites excluding steroid dienone is 1. The van der Waals surface area contributed by atoms with Gasteiger partial charge < -0.3 is 19.5 Å². The number of benzene rings is 1. The number of hydrogen-bond acceptors (Lipinski definition) is 7. The molecule has 2 heterocycles. The van der Waals surface area contributed by atoms with Gasteiger partial charge >= 0.3 is 5.97 Å². The van der Waals surface area contributed by atoms with Gasteiger partial charge in [0.15, 0.2) is 11.5 Å². The third-order valence-electron chi connectivity index (χ3n) is 4.29. The zero-order valence-electron chi connectivity index (χ0n) is 17.2. The summed E-state index contributed by atoms with van der Waals surface area (Å²) in [6.07, 6.45) is 1.21. The highest BCUT2D eigenvalue weighted by Gasteiger charge is 2.35. The van der Waals surface area contributed by atoms with Gasteiger partial charge in [-0.2, -0.15) is 10.1 Å². The lowest BCUT2D eigenvalue weighted by Crippen LogP contribution is -2.30.